The predicted molar refractivity (Wildman–Crippen MR) is 104 cm³/mol. The zero-order valence-corrected chi connectivity index (χ0v) is 16.1. The van der Waals surface area contributed by atoms with Gasteiger partial charge in [0.2, 0.25) is 5.65 Å². The summed E-state index contributed by atoms with van der Waals surface area (Å²) in [4.78, 5) is 5.19. The molecule has 1 saturated carbocycles. The maximum absolute atomic E-state index is 4.56. The Hall–Kier alpha value is -1.73. The Balaban J connectivity index is 1.56. The van der Waals surface area contributed by atoms with Gasteiger partial charge in [-0.25, -0.2) is 0 Å². The molecule has 3 heterocycles. The summed E-state index contributed by atoms with van der Waals surface area (Å²) in [5.74, 6) is 0. The second-order valence-corrected chi connectivity index (χ2v) is 7.93. The van der Waals surface area contributed by atoms with Gasteiger partial charge in [-0.15, -0.1) is 10.2 Å². The third kappa shape index (κ3) is 3.42. The van der Waals surface area contributed by atoms with Crippen molar-refractivity contribution in [2.75, 3.05) is 45.1 Å². The van der Waals surface area contributed by atoms with Crippen LogP contribution in [0, 0.1) is 0 Å². The number of piperazine rings is 1. The summed E-state index contributed by atoms with van der Waals surface area (Å²) in [5.41, 5.74) is 3.23. The highest BCUT2D eigenvalue weighted by molar-refractivity contribution is 5.66. The predicted octanol–water partition coefficient (Wildman–Crippen LogP) is 2.05. The fourth-order valence-corrected chi connectivity index (χ4v) is 4.54. The summed E-state index contributed by atoms with van der Waals surface area (Å²) in [6.45, 7) is 7.81. The fraction of sp³-hybridized carbons (Fsp3) is 0.737. The van der Waals surface area contributed by atoms with E-state index < -0.39 is 0 Å². The molecular formula is C19H31N7. The van der Waals surface area contributed by atoms with Gasteiger partial charge in [0.05, 0.1) is 11.4 Å². The molecule has 0 aromatic carbocycles. The minimum absolute atomic E-state index is 0.270. The topological polar surface area (TPSA) is 61.6 Å². The highest BCUT2D eigenvalue weighted by Crippen LogP contribution is 2.35. The van der Waals surface area contributed by atoms with Crippen molar-refractivity contribution in [2.45, 2.75) is 51.0 Å². The van der Waals surface area contributed by atoms with Crippen LogP contribution in [0.1, 0.15) is 44.7 Å². The van der Waals surface area contributed by atoms with Crippen LogP contribution in [-0.4, -0.2) is 74.9 Å². The van der Waals surface area contributed by atoms with E-state index in [4.69, 9.17) is 0 Å². The minimum Gasteiger partial charge on any atom is -0.380 e. The first-order chi connectivity index (χ1) is 12.7. The van der Waals surface area contributed by atoms with Gasteiger partial charge in [0.15, 0.2) is 0 Å². The average Bonchev–Trinajstić information content (AvgIpc) is 3.16. The first-order valence-corrected chi connectivity index (χ1v) is 10.1. The number of anilines is 1. The maximum Gasteiger partial charge on any atom is 0.200 e. The van der Waals surface area contributed by atoms with Crippen LogP contribution < -0.4 is 5.32 Å². The molecule has 0 unspecified atom stereocenters. The smallest absolute Gasteiger partial charge is 0.200 e. The molecule has 7 nitrogen and oxygen atoms in total. The number of hydrogen-bond acceptors (Lipinski definition) is 6. The van der Waals surface area contributed by atoms with Crippen LogP contribution in [0.25, 0.3) is 5.65 Å². The number of aromatic nitrogens is 4. The van der Waals surface area contributed by atoms with Crippen LogP contribution in [0.5, 0.6) is 0 Å². The molecule has 4 rings (SSSR count). The summed E-state index contributed by atoms with van der Waals surface area (Å²) in [6.07, 6.45) is 9.23. The number of nitrogens with one attached hydrogen (secondary N) is 1. The number of aryl methyl sites for hydroxylation is 1. The zero-order valence-electron chi connectivity index (χ0n) is 16.1. The van der Waals surface area contributed by atoms with Gasteiger partial charge >= 0.3 is 0 Å². The fourth-order valence-electron chi connectivity index (χ4n) is 4.54. The first-order valence-electron chi connectivity index (χ1n) is 10.1. The first kappa shape index (κ1) is 17.7. The van der Waals surface area contributed by atoms with Gasteiger partial charge in [-0.05, 0) is 32.4 Å². The van der Waals surface area contributed by atoms with Gasteiger partial charge in [0.1, 0.15) is 6.33 Å². The minimum atomic E-state index is 0.270. The van der Waals surface area contributed by atoms with E-state index in [0.29, 0.717) is 0 Å². The number of hydrogen-bond donors (Lipinski definition) is 1. The van der Waals surface area contributed by atoms with Crippen LogP contribution in [0.15, 0.2) is 12.4 Å². The molecule has 7 heteroatoms. The normalized spacial score (nSPS) is 21.9. The Kier molecular flexibility index (Phi) is 5.09. The summed E-state index contributed by atoms with van der Waals surface area (Å²) in [5, 5.41) is 16.6. The molecule has 0 bridgehead atoms. The van der Waals surface area contributed by atoms with E-state index in [-0.39, 0.29) is 5.54 Å². The lowest BCUT2D eigenvalue weighted by molar-refractivity contribution is 0.0221. The molecule has 2 aromatic rings. The van der Waals surface area contributed by atoms with E-state index in [1.807, 2.05) is 0 Å². The quantitative estimate of drug-likeness (QED) is 0.884. The summed E-state index contributed by atoms with van der Waals surface area (Å²) < 4.78 is 1.80. The van der Waals surface area contributed by atoms with Gasteiger partial charge < -0.3 is 10.2 Å². The van der Waals surface area contributed by atoms with E-state index >= 15 is 0 Å². The standard InChI is InChI=1S/C19H31N7/c1-3-16-13-17(18-22-21-15-26(18)23-16)20-14-19(7-5-4-6-8-19)25-11-9-24(2)10-12-25/h13,15,20H,3-12,14H2,1-2H3. The molecule has 0 radical (unpaired) electrons. The van der Waals surface area contributed by atoms with Crippen molar-refractivity contribution in [3.8, 4) is 0 Å². The molecule has 0 amide bonds. The maximum atomic E-state index is 4.56. The Morgan fingerprint density at radius 2 is 1.88 bits per heavy atom. The third-order valence-corrected chi connectivity index (χ3v) is 6.25. The summed E-state index contributed by atoms with van der Waals surface area (Å²) in [7, 11) is 2.23. The van der Waals surface area contributed by atoms with Crippen LogP contribution in [0.3, 0.4) is 0 Å². The number of likely N-dealkylation sites (N-methyl/N-ethyl adjacent to an activating group) is 1. The largest absolute Gasteiger partial charge is 0.380 e. The molecule has 1 N–H and O–H groups in total. The number of fused-ring (bicyclic) bond motifs is 1. The van der Waals surface area contributed by atoms with Gasteiger partial charge in [0.25, 0.3) is 0 Å². The molecule has 2 aromatic heterocycles. The Bertz CT molecular complexity index is 727. The Labute approximate surface area is 155 Å². The van der Waals surface area contributed by atoms with Crippen LogP contribution in [0.2, 0.25) is 0 Å². The summed E-state index contributed by atoms with van der Waals surface area (Å²) in [6, 6.07) is 2.14. The number of rotatable bonds is 5. The highest BCUT2D eigenvalue weighted by atomic mass is 15.4. The molecule has 26 heavy (non-hydrogen) atoms. The van der Waals surface area contributed by atoms with Crippen molar-refractivity contribution in [3.05, 3.63) is 18.1 Å². The van der Waals surface area contributed by atoms with E-state index in [1.165, 1.54) is 58.3 Å². The molecular weight excluding hydrogens is 326 g/mol. The van der Waals surface area contributed by atoms with E-state index in [9.17, 15) is 0 Å². The Morgan fingerprint density at radius 3 is 2.62 bits per heavy atom. The van der Waals surface area contributed by atoms with Crippen molar-refractivity contribution >= 4 is 11.3 Å². The van der Waals surface area contributed by atoms with Gasteiger partial charge in [-0.1, -0.05) is 26.2 Å². The average molecular weight is 358 g/mol. The SMILES string of the molecule is CCc1cc(NCC2(N3CCN(C)CC3)CCCCC2)c2nncn2n1. The van der Waals surface area contributed by atoms with Crippen molar-refractivity contribution < 1.29 is 0 Å². The van der Waals surface area contributed by atoms with Crippen molar-refractivity contribution in [1.29, 1.82) is 0 Å². The van der Waals surface area contributed by atoms with Crippen molar-refractivity contribution in [1.82, 2.24) is 29.6 Å². The third-order valence-electron chi connectivity index (χ3n) is 6.25. The van der Waals surface area contributed by atoms with Gasteiger partial charge in [0, 0.05) is 38.3 Å². The van der Waals surface area contributed by atoms with Crippen molar-refractivity contribution in [2.24, 2.45) is 0 Å². The monoisotopic (exact) mass is 357 g/mol. The lowest BCUT2D eigenvalue weighted by Gasteiger charge is -2.49. The molecule has 1 aliphatic carbocycles. The van der Waals surface area contributed by atoms with E-state index in [2.05, 4.69) is 50.5 Å². The molecule has 142 valence electrons. The van der Waals surface area contributed by atoms with Crippen molar-refractivity contribution in [3.63, 3.8) is 0 Å². The van der Waals surface area contributed by atoms with Crippen LogP contribution >= 0.6 is 0 Å². The second-order valence-electron chi connectivity index (χ2n) is 7.93. The molecule has 0 atom stereocenters. The molecule has 0 spiro atoms. The Morgan fingerprint density at radius 1 is 1.12 bits per heavy atom. The van der Waals surface area contributed by atoms with Crippen LogP contribution in [0.4, 0.5) is 5.69 Å². The zero-order chi connectivity index (χ0) is 18.0. The molecule has 1 aliphatic heterocycles. The molecule has 1 saturated heterocycles. The molecule has 2 fully saturated rings. The summed E-state index contributed by atoms with van der Waals surface area (Å²) >= 11 is 0. The van der Waals surface area contributed by atoms with E-state index in [1.54, 1.807) is 10.8 Å². The second kappa shape index (κ2) is 7.48. The van der Waals surface area contributed by atoms with Gasteiger partial charge in [-0.3, -0.25) is 4.90 Å². The highest BCUT2D eigenvalue weighted by Gasteiger charge is 2.38. The lowest BCUT2D eigenvalue weighted by atomic mass is 9.79. The van der Waals surface area contributed by atoms with E-state index in [0.717, 1.165) is 30.0 Å². The molecule has 2 aliphatic rings. The number of nitrogens with zero attached hydrogens (tertiary/aromatic N) is 6. The van der Waals surface area contributed by atoms with Crippen LogP contribution in [-0.2, 0) is 6.42 Å². The van der Waals surface area contributed by atoms with Gasteiger partial charge in [-0.2, -0.15) is 9.61 Å². The lowest BCUT2D eigenvalue weighted by Crippen LogP contribution is -2.60.